The SMILES string of the molecule is N#CC1CC2CCCC(C1)N2Cc1cccc(Cl)c1. The molecule has 2 bridgehead atoms. The first-order valence-electron chi connectivity index (χ1n) is 7.16. The van der Waals surface area contributed by atoms with Crippen LogP contribution < -0.4 is 0 Å². The molecular formula is C16H19ClN2. The van der Waals surface area contributed by atoms with Crippen LogP contribution in [-0.2, 0) is 6.54 Å². The summed E-state index contributed by atoms with van der Waals surface area (Å²) < 4.78 is 0. The number of halogens is 1. The molecule has 0 N–H and O–H groups in total. The minimum atomic E-state index is 0.269. The smallest absolute Gasteiger partial charge is 0.0657 e. The van der Waals surface area contributed by atoms with Crippen molar-refractivity contribution in [3.63, 3.8) is 0 Å². The molecule has 0 amide bonds. The lowest BCUT2D eigenvalue weighted by Gasteiger charge is -2.47. The maximum Gasteiger partial charge on any atom is 0.0657 e. The summed E-state index contributed by atoms with van der Waals surface area (Å²) in [4.78, 5) is 2.61. The van der Waals surface area contributed by atoms with Crippen LogP contribution in [0.1, 0.15) is 37.7 Å². The number of nitriles is 1. The summed E-state index contributed by atoms with van der Waals surface area (Å²) in [5.74, 6) is 0.269. The highest BCUT2D eigenvalue weighted by molar-refractivity contribution is 6.30. The third kappa shape index (κ3) is 2.78. The molecule has 2 fully saturated rings. The number of rotatable bonds is 2. The highest BCUT2D eigenvalue weighted by Gasteiger charge is 2.37. The first-order chi connectivity index (χ1) is 9.26. The number of benzene rings is 1. The Hall–Kier alpha value is -1.04. The molecule has 0 spiro atoms. The van der Waals surface area contributed by atoms with Gasteiger partial charge in [0.15, 0.2) is 0 Å². The fourth-order valence-corrected chi connectivity index (χ4v) is 3.90. The fourth-order valence-electron chi connectivity index (χ4n) is 3.69. The lowest BCUT2D eigenvalue weighted by Crippen LogP contribution is -2.51. The number of hydrogen-bond donors (Lipinski definition) is 0. The zero-order valence-corrected chi connectivity index (χ0v) is 11.8. The molecular weight excluding hydrogens is 256 g/mol. The predicted octanol–water partition coefficient (Wildman–Crippen LogP) is 4.00. The normalized spacial score (nSPS) is 30.8. The minimum absolute atomic E-state index is 0.269. The molecule has 2 nitrogen and oxygen atoms in total. The van der Waals surface area contributed by atoms with Gasteiger partial charge < -0.3 is 0 Å². The average Bonchev–Trinajstić information content (AvgIpc) is 2.38. The molecule has 0 aliphatic carbocycles. The molecule has 19 heavy (non-hydrogen) atoms. The van der Waals surface area contributed by atoms with Crippen LogP contribution in [0.15, 0.2) is 24.3 Å². The second-order valence-electron chi connectivity index (χ2n) is 5.84. The standard InChI is InChI=1S/C16H19ClN2/c17-14-4-1-3-12(7-14)11-19-15-5-2-6-16(19)9-13(8-15)10-18/h1,3-4,7,13,15-16H,2,5-6,8-9,11H2. The van der Waals surface area contributed by atoms with Crippen LogP contribution >= 0.6 is 11.6 Å². The van der Waals surface area contributed by atoms with Crippen LogP contribution in [0.3, 0.4) is 0 Å². The molecule has 0 aromatic heterocycles. The molecule has 2 atom stereocenters. The van der Waals surface area contributed by atoms with Gasteiger partial charge in [-0.2, -0.15) is 5.26 Å². The summed E-state index contributed by atoms with van der Waals surface area (Å²) in [7, 11) is 0. The van der Waals surface area contributed by atoms with Gasteiger partial charge in [-0.3, -0.25) is 4.90 Å². The summed E-state index contributed by atoms with van der Waals surface area (Å²) in [5.41, 5.74) is 1.29. The first-order valence-corrected chi connectivity index (χ1v) is 7.54. The van der Waals surface area contributed by atoms with E-state index < -0.39 is 0 Å². The van der Waals surface area contributed by atoms with Crippen LogP contribution in [-0.4, -0.2) is 17.0 Å². The van der Waals surface area contributed by atoms with Crippen LogP contribution in [0.4, 0.5) is 0 Å². The van der Waals surface area contributed by atoms with Crippen molar-refractivity contribution in [1.29, 1.82) is 5.26 Å². The van der Waals surface area contributed by atoms with Crippen molar-refractivity contribution in [2.45, 2.75) is 50.7 Å². The van der Waals surface area contributed by atoms with Crippen LogP contribution in [0.25, 0.3) is 0 Å². The van der Waals surface area contributed by atoms with E-state index >= 15 is 0 Å². The second-order valence-corrected chi connectivity index (χ2v) is 6.27. The van der Waals surface area contributed by atoms with Crippen molar-refractivity contribution >= 4 is 11.6 Å². The van der Waals surface area contributed by atoms with Crippen molar-refractivity contribution in [1.82, 2.24) is 4.90 Å². The highest BCUT2D eigenvalue weighted by atomic mass is 35.5. The monoisotopic (exact) mass is 274 g/mol. The molecule has 2 aliphatic heterocycles. The quantitative estimate of drug-likeness (QED) is 0.815. The van der Waals surface area contributed by atoms with Gasteiger partial charge in [0, 0.05) is 29.6 Å². The summed E-state index contributed by atoms with van der Waals surface area (Å²) in [6.07, 6.45) is 5.91. The molecule has 1 aromatic carbocycles. The Kier molecular flexibility index (Phi) is 3.77. The van der Waals surface area contributed by atoms with Gasteiger partial charge in [-0.05, 0) is 43.4 Å². The molecule has 0 radical (unpaired) electrons. The summed E-state index contributed by atoms with van der Waals surface area (Å²) in [5, 5.41) is 9.99. The van der Waals surface area contributed by atoms with E-state index in [9.17, 15) is 5.26 Å². The lowest BCUT2D eigenvalue weighted by molar-refractivity contribution is 0.0184. The van der Waals surface area contributed by atoms with Crippen LogP contribution in [0.2, 0.25) is 5.02 Å². The Balaban J connectivity index is 1.76. The molecule has 2 aliphatic rings. The van der Waals surface area contributed by atoms with Crippen molar-refractivity contribution in [3.8, 4) is 6.07 Å². The Morgan fingerprint density at radius 2 is 2.00 bits per heavy atom. The van der Waals surface area contributed by atoms with Gasteiger partial charge in [-0.15, -0.1) is 0 Å². The molecule has 2 heterocycles. The van der Waals surface area contributed by atoms with E-state index in [1.54, 1.807) is 0 Å². The van der Waals surface area contributed by atoms with E-state index in [1.165, 1.54) is 24.8 Å². The highest BCUT2D eigenvalue weighted by Crippen LogP contribution is 2.37. The van der Waals surface area contributed by atoms with Gasteiger partial charge in [0.1, 0.15) is 0 Å². The van der Waals surface area contributed by atoms with Crippen molar-refractivity contribution in [2.75, 3.05) is 0 Å². The molecule has 0 saturated carbocycles. The van der Waals surface area contributed by atoms with E-state index in [0.29, 0.717) is 12.1 Å². The maximum absolute atomic E-state index is 9.17. The Bertz CT molecular complexity index is 480. The predicted molar refractivity (Wildman–Crippen MR) is 76.8 cm³/mol. The Morgan fingerprint density at radius 1 is 1.26 bits per heavy atom. The topological polar surface area (TPSA) is 27.0 Å². The third-order valence-electron chi connectivity index (χ3n) is 4.56. The summed E-state index contributed by atoms with van der Waals surface area (Å²) in [6, 6.07) is 11.8. The van der Waals surface area contributed by atoms with E-state index in [1.807, 2.05) is 12.1 Å². The first kappa shape index (κ1) is 13.0. The number of piperidine rings is 2. The van der Waals surface area contributed by atoms with E-state index in [0.717, 1.165) is 24.4 Å². The van der Waals surface area contributed by atoms with Crippen molar-refractivity contribution in [2.24, 2.45) is 5.92 Å². The zero-order chi connectivity index (χ0) is 13.2. The van der Waals surface area contributed by atoms with Gasteiger partial charge in [0.25, 0.3) is 0 Å². The average molecular weight is 275 g/mol. The Labute approximate surface area is 120 Å². The summed E-state index contributed by atoms with van der Waals surface area (Å²) in [6.45, 7) is 0.980. The number of nitrogens with zero attached hydrogens (tertiary/aromatic N) is 2. The van der Waals surface area contributed by atoms with E-state index in [-0.39, 0.29) is 5.92 Å². The molecule has 100 valence electrons. The van der Waals surface area contributed by atoms with Crippen LogP contribution in [0.5, 0.6) is 0 Å². The summed E-state index contributed by atoms with van der Waals surface area (Å²) >= 11 is 6.07. The fraction of sp³-hybridized carbons (Fsp3) is 0.562. The Morgan fingerprint density at radius 3 is 2.63 bits per heavy atom. The van der Waals surface area contributed by atoms with E-state index in [2.05, 4.69) is 23.1 Å². The number of fused-ring (bicyclic) bond motifs is 2. The zero-order valence-electron chi connectivity index (χ0n) is 11.1. The molecule has 2 unspecified atom stereocenters. The van der Waals surface area contributed by atoms with Gasteiger partial charge in [-0.1, -0.05) is 30.2 Å². The van der Waals surface area contributed by atoms with Gasteiger partial charge in [0.2, 0.25) is 0 Å². The molecule has 3 rings (SSSR count). The molecule has 2 saturated heterocycles. The second kappa shape index (κ2) is 5.53. The van der Waals surface area contributed by atoms with Gasteiger partial charge >= 0.3 is 0 Å². The number of hydrogen-bond acceptors (Lipinski definition) is 2. The third-order valence-corrected chi connectivity index (χ3v) is 4.80. The van der Waals surface area contributed by atoms with Gasteiger partial charge in [-0.25, -0.2) is 0 Å². The van der Waals surface area contributed by atoms with Gasteiger partial charge in [0.05, 0.1) is 6.07 Å². The molecule has 3 heteroatoms. The maximum atomic E-state index is 9.17. The largest absolute Gasteiger partial charge is 0.293 e. The van der Waals surface area contributed by atoms with E-state index in [4.69, 9.17) is 11.6 Å². The lowest BCUT2D eigenvalue weighted by atomic mass is 9.79. The molecule has 1 aromatic rings. The van der Waals surface area contributed by atoms with Crippen molar-refractivity contribution in [3.05, 3.63) is 34.9 Å². The minimum Gasteiger partial charge on any atom is -0.293 e. The van der Waals surface area contributed by atoms with Crippen LogP contribution in [0, 0.1) is 17.2 Å². The van der Waals surface area contributed by atoms with Crippen molar-refractivity contribution < 1.29 is 0 Å².